The van der Waals surface area contributed by atoms with Crippen LogP contribution in [0.2, 0.25) is 0 Å². The molecular formula is C33H47N3O6. The fourth-order valence-corrected chi connectivity index (χ4v) is 4.37. The molecule has 0 aromatic heterocycles. The van der Waals surface area contributed by atoms with Gasteiger partial charge in [-0.3, -0.25) is 9.59 Å². The summed E-state index contributed by atoms with van der Waals surface area (Å²) >= 11 is 0. The van der Waals surface area contributed by atoms with Crippen molar-refractivity contribution in [1.29, 1.82) is 0 Å². The molecule has 0 aliphatic heterocycles. The van der Waals surface area contributed by atoms with Crippen LogP contribution in [0.15, 0.2) is 54.6 Å². The van der Waals surface area contributed by atoms with Gasteiger partial charge in [-0.15, -0.1) is 0 Å². The summed E-state index contributed by atoms with van der Waals surface area (Å²) in [6.07, 6.45) is 0.0250. The zero-order valence-electron chi connectivity index (χ0n) is 26.4. The maximum Gasteiger partial charge on any atom is 0.408 e. The zero-order chi connectivity index (χ0) is 31.7. The van der Waals surface area contributed by atoms with Crippen LogP contribution in [0.25, 0.3) is 0 Å². The Balaban J connectivity index is 2.49. The van der Waals surface area contributed by atoms with Crippen molar-refractivity contribution in [3.8, 4) is 0 Å². The summed E-state index contributed by atoms with van der Waals surface area (Å²) in [5.41, 5.74) is 0.762. The van der Waals surface area contributed by atoms with Crippen LogP contribution in [0, 0.1) is 6.92 Å². The number of carbonyl (C=O) groups excluding carboxylic acids is 4. The average molecular weight is 582 g/mol. The average Bonchev–Trinajstić information content (AvgIpc) is 2.88. The van der Waals surface area contributed by atoms with Crippen LogP contribution < -0.4 is 10.6 Å². The van der Waals surface area contributed by atoms with E-state index in [1.165, 1.54) is 4.90 Å². The lowest BCUT2D eigenvalue weighted by atomic mass is 9.96. The molecule has 2 aromatic carbocycles. The molecule has 0 spiro atoms. The van der Waals surface area contributed by atoms with Crippen molar-refractivity contribution in [2.24, 2.45) is 0 Å². The summed E-state index contributed by atoms with van der Waals surface area (Å²) in [4.78, 5) is 55.1. The molecule has 2 aromatic rings. The molecule has 9 heteroatoms. The number of benzene rings is 2. The summed E-state index contributed by atoms with van der Waals surface area (Å²) in [7, 11) is 0. The van der Waals surface area contributed by atoms with Crippen molar-refractivity contribution in [3.63, 3.8) is 0 Å². The van der Waals surface area contributed by atoms with Gasteiger partial charge in [-0.25, -0.2) is 9.59 Å². The Morgan fingerprint density at radius 2 is 1.43 bits per heavy atom. The minimum atomic E-state index is -1.07. The third kappa shape index (κ3) is 10.8. The number of amides is 3. The van der Waals surface area contributed by atoms with Gasteiger partial charge in [-0.05, 0) is 78.5 Å². The summed E-state index contributed by atoms with van der Waals surface area (Å²) in [6.45, 7) is 15.8. The Labute approximate surface area is 250 Å². The van der Waals surface area contributed by atoms with Crippen molar-refractivity contribution < 1.29 is 28.7 Å². The minimum Gasteiger partial charge on any atom is -0.458 e. The van der Waals surface area contributed by atoms with E-state index in [1.807, 2.05) is 63.2 Å². The summed E-state index contributed by atoms with van der Waals surface area (Å²) in [5, 5.41) is 5.42. The van der Waals surface area contributed by atoms with E-state index >= 15 is 0 Å². The van der Waals surface area contributed by atoms with Crippen LogP contribution in [-0.2, 0) is 30.3 Å². The second-order valence-electron chi connectivity index (χ2n) is 12.5. The molecule has 0 aliphatic rings. The van der Waals surface area contributed by atoms with Gasteiger partial charge in [0.2, 0.25) is 11.8 Å². The van der Waals surface area contributed by atoms with Crippen molar-refractivity contribution >= 4 is 23.9 Å². The Bertz CT molecular complexity index is 1220. The zero-order valence-corrected chi connectivity index (χ0v) is 26.4. The molecule has 3 unspecified atom stereocenters. The van der Waals surface area contributed by atoms with Crippen LogP contribution in [0.3, 0.4) is 0 Å². The highest BCUT2D eigenvalue weighted by Crippen LogP contribution is 2.28. The Hall–Kier alpha value is -3.88. The normalized spacial score (nSPS) is 13.7. The highest BCUT2D eigenvalue weighted by Gasteiger charge is 2.37. The number of alkyl carbamates (subject to hydrolysis) is 1. The molecule has 9 nitrogen and oxygen atoms in total. The molecule has 0 heterocycles. The van der Waals surface area contributed by atoms with Crippen LogP contribution in [0.5, 0.6) is 0 Å². The van der Waals surface area contributed by atoms with E-state index in [-0.39, 0.29) is 19.0 Å². The van der Waals surface area contributed by atoms with Crippen LogP contribution in [0.4, 0.5) is 4.79 Å². The number of ether oxygens (including phenoxy) is 2. The number of carbonyl (C=O) groups is 4. The van der Waals surface area contributed by atoms with E-state index in [0.717, 1.165) is 11.1 Å². The number of rotatable bonds is 11. The second-order valence-corrected chi connectivity index (χ2v) is 12.5. The monoisotopic (exact) mass is 581 g/mol. The van der Waals surface area contributed by atoms with E-state index in [0.29, 0.717) is 12.0 Å². The number of hydrogen-bond acceptors (Lipinski definition) is 6. The van der Waals surface area contributed by atoms with Gasteiger partial charge in [0.05, 0.1) is 0 Å². The standard InChI is InChI=1S/C33H47N3O6/c1-10-23(3)36(27(37)21-34-31(40)42-33(7,8)9)28(25-19-15-14-16-22(25)2)29(38)35-26(30(39)41-32(4,5)6)20-24-17-12-11-13-18-24/h11-19,23,26,28H,10,20-21H2,1-9H3,(H,34,40)(H,35,38). The van der Waals surface area contributed by atoms with Crippen LogP contribution in [-0.4, -0.2) is 58.6 Å². The van der Waals surface area contributed by atoms with Gasteiger partial charge in [0.25, 0.3) is 0 Å². The van der Waals surface area contributed by atoms with E-state index in [4.69, 9.17) is 9.47 Å². The smallest absolute Gasteiger partial charge is 0.408 e. The highest BCUT2D eigenvalue weighted by molar-refractivity contribution is 5.93. The molecule has 42 heavy (non-hydrogen) atoms. The molecule has 0 aliphatic carbocycles. The third-order valence-corrected chi connectivity index (χ3v) is 6.44. The van der Waals surface area contributed by atoms with Gasteiger partial charge >= 0.3 is 12.1 Å². The topological polar surface area (TPSA) is 114 Å². The Morgan fingerprint density at radius 3 is 1.98 bits per heavy atom. The largest absolute Gasteiger partial charge is 0.458 e. The maximum atomic E-state index is 14.2. The van der Waals surface area contributed by atoms with Gasteiger partial charge in [-0.2, -0.15) is 0 Å². The van der Waals surface area contributed by atoms with Gasteiger partial charge in [0.1, 0.15) is 29.8 Å². The first kappa shape index (κ1) is 34.3. The molecule has 0 saturated heterocycles. The summed E-state index contributed by atoms with van der Waals surface area (Å²) in [5.74, 6) is -1.56. The lowest BCUT2D eigenvalue weighted by molar-refractivity contribution is -0.159. The lowest BCUT2D eigenvalue weighted by Crippen LogP contribution is -2.54. The van der Waals surface area contributed by atoms with Crippen LogP contribution >= 0.6 is 0 Å². The molecule has 0 bridgehead atoms. The fraction of sp³-hybridized carbons (Fsp3) is 0.515. The lowest BCUT2D eigenvalue weighted by Gasteiger charge is -2.37. The predicted octanol–water partition coefficient (Wildman–Crippen LogP) is 5.26. The molecule has 0 fully saturated rings. The van der Waals surface area contributed by atoms with Crippen molar-refractivity contribution in [1.82, 2.24) is 15.5 Å². The number of nitrogens with one attached hydrogen (secondary N) is 2. The molecule has 0 saturated carbocycles. The minimum absolute atomic E-state index is 0.208. The van der Waals surface area contributed by atoms with E-state index in [2.05, 4.69) is 10.6 Å². The Kier molecular flexibility index (Phi) is 12.1. The quantitative estimate of drug-likeness (QED) is 0.350. The fourth-order valence-electron chi connectivity index (χ4n) is 4.37. The third-order valence-electron chi connectivity index (χ3n) is 6.44. The van der Waals surface area contributed by atoms with Crippen molar-refractivity contribution in [3.05, 3.63) is 71.3 Å². The molecule has 3 amide bonds. The number of aryl methyl sites for hydroxylation is 1. The molecule has 3 atom stereocenters. The van der Waals surface area contributed by atoms with Gasteiger partial charge in [0.15, 0.2) is 0 Å². The summed E-state index contributed by atoms with van der Waals surface area (Å²) in [6, 6.07) is 14.2. The van der Waals surface area contributed by atoms with Gasteiger partial charge in [-0.1, -0.05) is 61.5 Å². The Morgan fingerprint density at radius 1 is 0.857 bits per heavy atom. The molecule has 2 N–H and O–H groups in total. The maximum absolute atomic E-state index is 14.2. The number of esters is 1. The SMILES string of the molecule is CCC(C)N(C(=O)CNC(=O)OC(C)(C)C)C(C(=O)NC(Cc1ccccc1)C(=O)OC(C)(C)C)c1ccccc1C. The van der Waals surface area contributed by atoms with Gasteiger partial charge < -0.3 is 25.0 Å². The van der Waals surface area contributed by atoms with Crippen LogP contribution in [0.1, 0.15) is 84.5 Å². The predicted molar refractivity (Wildman–Crippen MR) is 163 cm³/mol. The second kappa shape index (κ2) is 14.8. The first-order valence-electron chi connectivity index (χ1n) is 14.4. The van der Waals surface area contributed by atoms with Crippen molar-refractivity contribution in [2.45, 2.75) is 104 Å². The molecule has 0 radical (unpaired) electrons. The molecular weight excluding hydrogens is 534 g/mol. The molecule has 230 valence electrons. The first-order valence-corrected chi connectivity index (χ1v) is 14.4. The van der Waals surface area contributed by atoms with Gasteiger partial charge in [0, 0.05) is 12.5 Å². The first-order chi connectivity index (χ1) is 19.5. The van der Waals surface area contributed by atoms with Crippen molar-refractivity contribution in [2.75, 3.05) is 6.54 Å². The van der Waals surface area contributed by atoms with E-state index < -0.39 is 47.2 Å². The number of hydrogen-bond donors (Lipinski definition) is 2. The number of nitrogens with zero attached hydrogens (tertiary/aromatic N) is 1. The van der Waals surface area contributed by atoms with E-state index in [9.17, 15) is 19.2 Å². The molecule has 2 rings (SSSR count). The highest BCUT2D eigenvalue weighted by atomic mass is 16.6. The van der Waals surface area contributed by atoms with E-state index in [1.54, 1.807) is 53.7 Å². The summed E-state index contributed by atoms with van der Waals surface area (Å²) < 4.78 is 11.0.